The summed E-state index contributed by atoms with van der Waals surface area (Å²) in [5.41, 5.74) is 2.11. The van der Waals surface area contributed by atoms with Crippen molar-refractivity contribution in [1.29, 1.82) is 0 Å². The number of nitrogens with one attached hydrogen (secondary N) is 3. The Hall–Kier alpha value is -2.80. The molecule has 0 radical (unpaired) electrons. The summed E-state index contributed by atoms with van der Waals surface area (Å²) in [6, 6.07) is 9.25. The fourth-order valence-corrected chi connectivity index (χ4v) is 3.52. The Balaban J connectivity index is 2.32. The fourth-order valence-electron chi connectivity index (χ4n) is 3.25. The molecule has 1 aliphatic rings. The first-order chi connectivity index (χ1) is 12.5. The molecule has 1 unspecified atom stereocenters. The van der Waals surface area contributed by atoms with E-state index < -0.39 is 6.04 Å². The number of carbonyl (C=O) groups excluding carboxylic acids is 1. The predicted octanol–water partition coefficient (Wildman–Crippen LogP) is 2.40. The average molecular weight is 371 g/mol. The number of allylic oxidation sites excluding steroid dienone is 1. The highest BCUT2D eigenvalue weighted by Gasteiger charge is 2.32. The molecule has 2 aromatic rings. The van der Waals surface area contributed by atoms with Crippen molar-refractivity contribution in [2.45, 2.75) is 13.0 Å². The van der Waals surface area contributed by atoms with E-state index >= 15 is 0 Å². The van der Waals surface area contributed by atoms with Gasteiger partial charge < -0.3 is 25.4 Å². The SMILES string of the molecule is CNC(=O)C1=C(C)NC(=S)NC1c1c(OC)ccc2ccc(OC)cc12. The van der Waals surface area contributed by atoms with Gasteiger partial charge in [0.05, 0.1) is 25.8 Å². The average Bonchev–Trinajstić information content (AvgIpc) is 2.65. The lowest BCUT2D eigenvalue weighted by Crippen LogP contribution is -2.46. The van der Waals surface area contributed by atoms with Gasteiger partial charge in [0.1, 0.15) is 11.5 Å². The fraction of sp³-hybridized carbons (Fsp3) is 0.263. The normalized spacial score (nSPS) is 16.8. The predicted molar refractivity (Wildman–Crippen MR) is 105 cm³/mol. The molecule has 0 saturated carbocycles. The molecule has 0 aliphatic carbocycles. The van der Waals surface area contributed by atoms with Crippen LogP contribution in [0.2, 0.25) is 0 Å². The summed E-state index contributed by atoms with van der Waals surface area (Å²) in [5.74, 6) is 1.21. The van der Waals surface area contributed by atoms with E-state index in [0.717, 1.165) is 22.1 Å². The molecular formula is C19H21N3O3S. The van der Waals surface area contributed by atoms with E-state index in [4.69, 9.17) is 21.7 Å². The maximum absolute atomic E-state index is 12.6. The zero-order valence-electron chi connectivity index (χ0n) is 15.1. The van der Waals surface area contributed by atoms with Gasteiger partial charge in [-0.1, -0.05) is 12.1 Å². The monoisotopic (exact) mass is 371 g/mol. The molecule has 0 spiro atoms. The van der Waals surface area contributed by atoms with E-state index in [1.165, 1.54) is 0 Å². The van der Waals surface area contributed by atoms with Gasteiger partial charge in [-0.25, -0.2) is 0 Å². The second-order valence-electron chi connectivity index (χ2n) is 5.92. The van der Waals surface area contributed by atoms with Crippen LogP contribution in [0.25, 0.3) is 10.8 Å². The number of carbonyl (C=O) groups is 1. The van der Waals surface area contributed by atoms with Crippen molar-refractivity contribution >= 4 is 34.0 Å². The molecule has 1 aliphatic heterocycles. The Morgan fingerprint density at radius 2 is 1.92 bits per heavy atom. The third-order valence-corrected chi connectivity index (χ3v) is 4.70. The molecule has 0 fully saturated rings. The minimum atomic E-state index is -0.450. The number of likely N-dealkylation sites (N-methyl/N-ethyl adjacent to an activating group) is 1. The van der Waals surface area contributed by atoms with Crippen LogP contribution >= 0.6 is 12.2 Å². The van der Waals surface area contributed by atoms with Gasteiger partial charge in [-0.2, -0.15) is 0 Å². The molecule has 3 rings (SSSR count). The first kappa shape index (κ1) is 18.0. The third-order valence-electron chi connectivity index (χ3n) is 4.48. The Morgan fingerprint density at radius 3 is 2.58 bits per heavy atom. The number of fused-ring (bicyclic) bond motifs is 1. The van der Waals surface area contributed by atoms with Crippen LogP contribution < -0.4 is 25.4 Å². The highest BCUT2D eigenvalue weighted by Crippen LogP contribution is 2.39. The summed E-state index contributed by atoms with van der Waals surface area (Å²) in [5, 5.41) is 11.3. The number of ether oxygens (including phenoxy) is 2. The van der Waals surface area contributed by atoms with Crippen molar-refractivity contribution in [1.82, 2.24) is 16.0 Å². The largest absolute Gasteiger partial charge is 0.497 e. The van der Waals surface area contributed by atoms with Crippen molar-refractivity contribution < 1.29 is 14.3 Å². The summed E-state index contributed by atoms with van der Waals surface area (Å²) < 4.78 is 11.0. The smallest absolute Gasteiger partial charge is 0.251 e. The Morgan fingerprint density at radius 1 is 1.19 bits per heavy atom. The Kier molecular flexibility index (Phi) is 4.99. The molecule has 6 nitrogen and oxygen atoms in total. The molecule has 3 N–H and O–H groups in total. The lowest BCUT2D eigenvalue weighted by molar-refractivity contribution is -0.117. The van der Waals surface area contributed by atoms with Crippen LogP contribution in [0.3, 0.4) is 0 Å². The molecule has 0 saturated heterocycles. The topological polar surface area (TPSA) is 71.6 Å². The maximum atomic E-state index is 12.6. The van der Waals surface area contributed by atoms with Crippen LogP contribution in [0, 0.1) is 0 Å². The van der Waals surface area contributed by atoms with E-state index in [-0.39, 0.29) is 5.91 Å². The highest BCUT2D eigenvalue weighted by atomic mass is 32.1. The van der Waals surface area contributed by atoms with Crippen LogP contribution in [-0.4, -0.2) is 32.3 Å². The van der Waals surface area contributed by atoms with Gasteiger partial charge in [-0.15, -0.1) is 0 Å². The van der Waals surface area contributed by atoms with Crippen LogP contribution in [0.1, 0.15) is 18.5 Å². The maximum Gasteiger partial charge on any atom is 0.251 e. The number of rotatable bonds is 4. The minimum Gasteiger partial charge on any atom is -0.497 e. The van der Waals surface area contributed by atoms with Gasteiger partial charge in [0, 0.05) is 18.3 Å². The molecule has 2 aromatic carbocycles. The molecule has 26 heavy (non-hydrogen) atoms. The van der Waals surface area contributed by atoms with Crippen molar-refractivity contribution in [2.24, 2.45) is 0 Å². The van der Waals surface area contributed by atoms with Gasteiger partial charge in [0.2, 0.25) is 0 Å². The summed E-state index contributed by atoms with van der Waals surface area (Å²) in [6.07, 6.45) is 0. The molecule has 1 heterocycles. The lowest BCUT2D eigenvalue weighted by Gasteiger charge is -2.31. The molecule has 7 heteroatoms. The Labute approximate surface area is 157 Å². The zero-order valence-corrected chi connectivity index (χ0v) is 15.9. The second kappa shape index (κ2) is 7.21. The quantitative estimate of drug-likeness (QED) is 0.717. The first-order valence-corrected chi connectivity index (χ1v) is 8.56. The molecule has 1 amide bonds. The van der Waals surface area contributed by atoms with Crippen LogP contribution in [0.4, 0.5) is 0 Å². The standard InChI is InChI=1S/C19H21N3O3S/c1-10-15(18(23)20-2)17(22-19(26)21-10)16-13-9-12(24-3)7-5-11(13)6-8-14(16)25-4/h5-9,17H,1-4H3,(H,20,23)(H2,21,22,26). The molecule has 0 aromatic heterocycles. The molecule has 136 valence electrons. The van der Waals surface area contributed by atoms with E-state index in [1.807, 2.05) is 37.3 Å². The molecule has 0 bridgehead atoms. The summed E-state index contributed by atoms with van der Waals surface area (Å²) in [7, 11) is 4.84. The van der Waals surface area contributed by atoms with E-state index in [2.05, 4.69) is 16.0 Å². The summed E-state index contributed by atoms with van der Waals surface area (Å²) in [4.78, 5) is 12.6. The van der Waals surface area contributed by atoms with E-state index in [1.54, 1.807) is 21.3 Å². The molecular weight excluding hydrogens is 350 g/mol. The number of methoxy groups -OCH3 is 2. The van der Waals surface area contributed by atoms with Gasteiger partial charge in [0.25, 0.3) is 5.91 Å². The second-order valence-corrected chi connectivity index (χ2v) is 6.33. The number of hydrogen-bond acceptors (Lipinski definition) is 4. The number of amides is 1. The van der Waals surface area contributed by atoms with Gasteiger partial charge >= 0.3 is 0 Å². The van der Waals surface area contributed by atoms with Crippen molar-refractivity contribution in [2.75, 3.05) is 21.3 Å². The van der Waals surface area contributed by atoms with Crippen LogP contribution in [0.15, 0.2) is 41.6 Å². The lowest BCUT2D eigenvalue weighted by atomic mass is 9.90. The minimum absolute atomic E-state index is 0.183. The van der Waals surface area contributed by atoms with Crippen molar-refractivity contribution in [3.8, 4) is 11.5 Å². The molecule has 1 atom stereocenters. The Bertz CT molecular complexity index is 918. The van der Waals surface area contributed by atoms with Gasteiger partial charge in [0.15, 0.2) is 5.11 Å². The van der Waals surface area contributed by atoms with Gasteiger partial charge in [-0.05, 0) is 48.1 Å². The number of benzene rings is 2. The van der Waals surface area contributed by atoms with Crippen molar-refractivity contribution in [3.63, 3.8) is 0 Å². The first-order valence-electron chi connectivity index (χ1n) is 8.15. The number of thiocarbonyl (C=S) groups is 1. The van der Waals surface area contributed by atoms with Gasteiger partial charge in [-0.3, -0.25) is 4.79 Å². The zero-order chi connectivity index (χ0) is 18.8. The van der Waals surface area contributed by atoms with Crippen LogP contribution in [-0.2, 0) is 4.79 Å². The van der Waals surface area contributed by atoms with Crippen LogP contribution in [0.5, 0.6) is 11.5 Å². The third kappa shape index (κ3) is 3.06. The van der Waals surface area contributed by atoms with E-state index in [9.17, 15) is 4.79 Å². The number of hydrogen-bond donors (Lipinski definition) is 3. The van der Waals surface area contributed by atoms with E-state index in [0.29, 0.717) is 22.1 Å². The summed E-state index contributed by atoms with van der Waals surface area (Å²) >= 11 is 5.33. The summed E-state index contributed by atoms with van der Waals surface area (Å²) in [6.45, 7) is 1.84. The highest BCUT2D eigenvalue weighted by molar-refractivity contribution is 7.80. The van der Waals surface area contributed by atoms with Crippen molar-refractivity contribution in [3.05, 3.63) is 47.2 Å².